The van der Waals surface area contributed by atoms with Crippen LogP contribution in [0.4, 0.5) is 14.5 Å². The van der Waals surface area contributed by atoms with Crippen LogP contribution in [0.5, 0.6) is 0 Å². The highest BCUT2D eigenvalue weighted by molar-refractivity contribution is 5.48. The number of rotatable bonds is 1. The molecule has 88 valence electrons. The Kier molecular flexibility index (Phi) is 3.10. The number of benzene rings is 1. The molecule has 1 aliphatic heterocycles. The number of hydrogen-bond acceptors (Lipinski definition) is 2. The molecule has 2 nitrogen and oxygen atoms in total. The zero-order valence-electron chi connectivity index (χ0n) is 9.58. The van der Waals surface area contributed by atoms with Crippen molar-refractivity contribution in [1.29, 1.82) is 0 Å². The van der Waals surface area contributed by atoms with Crippen LogP contribution < -0.4 is 4.90 Å². The quantitative estimate of drug-likeness (QED) is 0.723. The fourth-order valence-electron chi connectivity index (χ4n) is 2.23. The Labute approximate surface area is 94.5 Å². The molecule has 0 radical (unpaired) electrons. The minimum Gasteiger partial charge on any atom is -0.366 e. The minimum atomic E-state index is -0.513. The van der Waals surface area contributed by atoms with Crippen LogP contribution in [-0.2, 0) is 0 Å². The molecule has 1 aromatic rings. The molecule has 4 heteroatoms. The SMILES string of the molecule is C[C@H]1CN(C)CCN1c1cc(F)cc(F)c1. The van der Waals surface area contributed by atoms with Crippen LogP contribution >= 0.6 is 0 Å². The van der Waals surface area contributed by atoms with E-state index in [9.17, 15) is 8.78 Å². The molecule has 1 fully saturated rings. The molecule has 16 heavy (non-hydrogen) atoms. The molecule has 0 saturated carbocycles. The smallest absolute Gasteiger partial charge is 0.128 e. The standard InChI is InChI=1S/C12H16F2N2/c1-9-8-15(2)3-4-16(9)12-6-10(13)5-11(14)7-12/h5-7,9H,3-4,8H2,1-2H3/t9-/m0/s1. The summed E-state index contributed by atoms with van der Waals surface area (Å²) in [6.45, 7) is 4.71. The van der Waals surface area contributed by atoms with Gasteiger partial charge >= 0.3 is 0 Å². The number of halogens is 2. The fourth-order valence-corrected chi connectivity index (χ4v) is 2.23. The molecule has 0 unspecified atom stereocenters. The third-order valence-corrected chi connectivity index (χ3v) is 3.01. The summed E-state index contributed by atoms with van der Waals surface area (Å²) in [5.41, 5.74) is 0.637. The van der Waals surface area contributed by atoms with E-state index in [0.29, 0.717) is 5.69 Å². The molecule has 0 aromatic heterocycles. The van der Waals surface area contributed by atoms with Gasteiger partial charge in [-0.1, -0.05) is 0 Å². The van der Waals surface area contributed by atoms with Gasteiger partial charge in [0.25, 0.3) is 0 Å². The van der Waals surface area contributed by atoms with Crippen LogP contribution in [0, 0.1) is 11.6 Å². The number of nitrogens with zero attached hydrogens (tertiary/aromatic N) is 2. The monoisotopic (exact) mass is 226 g/mol. The Morgan fingerprint density at radius 1 is 1.12 bits per heavy atom. The second kappa shape index (κ2) is 4.37. The van der Waals surface area contributed by atoms with E-state index in [2.05, 4.69) is 18.9 Å². The largest absolute Gasteiger partial charge is 0.366 e. The van der Waals surface area contributed by atoms with E-state index >= 15 is 0 Å². The first-order valence-corrected chi connectivity index (χ1v) is 5.47. The molecule has 0 bridgehead atoms. The lowest BCUT2D eigenvalue weighted by molar-refractivity contribution is 0.275. The number of piperazine rings is 1. The number of hydrogen-bond donors (Lipinski definition) is 0. The summed E-state index contributed by atoms with van der Waals surface area (Å²) in [5, 5.41) is 0. The van der Waals surface area contributed by atoms with Gasteiger partial charge in [0.1, 0.15) is 11.6 Å². The summed E-state index contributed by atoms with van der Waals surface area (Å²) in [6, 6.07) is 3.97. The second-order valence-corrected chi connectivity index (χ2v) is 4.43. The summed E-state index contributed by atoms with van der Waals surface area (Å²) in [6.07, 6.45) is 0. The first-order valence-electron chi connectivity index (χ1n) is 5.47. The molecule has 1 aromatic carbocycles. The van der Waals surface area contributed by atoms with E-state index in [1.165, 1.54) is 12.1 Å². The first kappa shape index (κ1) is 11.3. The van der Waals surface area contributed by atoms with Crippen LogP contribution in [0.3, 0.4) is 0 Å². The molecule has 0 amide bonds. The predicted molar refractivity (Wildman–Crippen MR) is 60.7 cm³/mol. The van der Waals surface area contributed by atoms with E-state index in [-0.39, 0.29) is 6.04 Å². The van der Waals surface area contributed by atoms with Gasteiger partial charge in [-0.3, -0.25) is 0 Å². The van der Waals surface area contributed by atoms with E-state index < -0.39 is 11.6 Å². The van der Waals surface area contributed by atoms with Gasteiger partial charge in [-0.15, -0.1) is 0 Å². The summed E-state index contributed by atoms with van der Waals surface area (Å²) in [5.74, 6) is -1.03. The van der Waals surface area contributed by atoms with Crippen LogP contribution in [-0.4, -0.2) is 37.6 Å². The van der Waals surface area contributed by atoms with E-state index in [1.807, 2.05) is 4.90 Å². The van der Waals surface area contributed by atoms with Gasteiger partial charge in [-0.25, -0.2) is 8.78 Å². The highest BCUT2D eigenvalue weighted by Crippen LogP contribution is 2.22. The lowest BCUT2D eigenvalue weighted by Gasteiger charge is -2.39. The Morgan fingerprint density at radius 2 is 1.75 bits per heavy atom. The fraction of sp³-hybridized carbons (Fsp3) is 0.500. The van der Waals surface area contributed by atoms with Gasteiger partial charge in [0.2, 0.25) is 0 Å². The van der Waals surface area contributed by atoms with Crippen LogP contribution in [0.2, 0.25) is 0 Å². The maximum Gasteiger partial charge on any atom is 0.128 e. The minimum absolute atomic E-state index is 0.278. The van der Waals surface area contributed by atoms with Gasteiger partial charge in [-0.2, -0.15) is 0 Å². The van der Waals surface area contributed by atoms with Gasteiger partial charge in [-0.05, 0) is 26.1 Å². The maximum absolute atomic E-state index is 13.1. The molecule has 1 saturated heterocycles. The summed E-state index contributed by atoms with van der Waals surface area (Å²) < 4.78 is 26.2. The van der Waals surface area contributed by atoms with Crippen molar-refractivity contribution in [2.75, 3.05) is 31.6 Å². The van der Waals surface area contributed by atoms with Crippen molar-refractivity contribution in [3.8, 4) is 0 Å². The Balaban J connectivity index is 2.23. The van der Waals surface area contributed by atoms with Crippen LogP contribution in [0.15, 0.2) is 18.2 Å². The molecule has 0 spiro atoms. The molecule has 0 N–H and O–H groups in total. The van der Waals surface area contributed by atoms with Gasteiger partial charge in [0.05, 0.1) is 0 Å². The van der Waals surface area contributed by atoms with Gasteiger partial charge < -0.3 is 9.80 Å². The highest BCUT2D eigenvalue weighted by atomic mass is 19.1. The normalized spacial score (nSPS) is 22.5. The first-order chi connectivity index (χ1) is 7.56. The zero-order chi connectivity index (χ0) is 11.7. The average molecular weight is 226 g/mol. The van der Waals surface area contributed by atoms with Crippen molar-refractivity contribution < 1.29 is 8.78 Å². The molecular formula is C12H16F2N2. The Morgan fingerprint density at radius 3 is 2.31 bits per heavy atom. The van der Waals surface area contributed by atoms with Crippen molar-refractivity contribution in [2.24, 2.45) is 0 Å². The molecule has 1 atom stereocenters. The van der Waals surface area contributed by atoms with Crippen molar-refractivity contribution in [3.63, 3.8) is 0 Å². The van der Waals surface area contributed by atoms with Crippen molar-refractivity contribution >= 4 is 5.69 Å². The molecule has 1 heterocycles. The molecule has 2 rings (SSSR count). The molecule has 1 aliphatic rings. The summed E-state index contributed by atoms with van der Waals surface area (Å²) >= 11 is 0. The summed E-state index contributed by atoms with van der Waals surface area (Å²) in [4.78, 5) is 4.27. The highest BCUT2D eigenvalue weighted by Gasteiger charge is 2.22. The lowest BCUT2D eigenvalue weighted by atomic mass is 10.1. The predicted octanol–water partition coefficient (Wildman–Crippen LogP) is 2.11. The van der Waals surface area contributed by atoms with Crippen LogP contribution in [0.1, 0.15) is 6.92 Å². The third-order valence-electron chi connectivity index (χ3n) is 3.01. The molecular weight excluding hydrogens is 210 g/mol. The zero-order valence-corrected chi connectivity index (χ0v) is 9.58. The van der Waals surface area contributed by atoms with Gasteiger partial charge in [0, 0.05) is 37.4 Å². The maximum atomic E-state index is 13.1. The average Bonchev–Trinajstić information content (AvgIpc) is 2.15. The van der Waals surface area contributed by atoms with E-state index in [0.717, 1.165) is 25.7 Å². The molecule has 0 aliphatic carbocycles. The second-order valence-electron chi connectivity index (χ2n) is 4.43. The van der Waals surface area contributed by atoms with Crippen molar-refractivity contribution in [1.82, 2.24) is 4.90 Å². The topological polar surface area (TPSA) is 6.48 Å². The van der Waals surface area contributed by atoms with Crippen molar-refractivity contribution in [3.05, 3.63) is 29.8 Å². The van der Waals surface area contributed by atoms with Crippen LogP contribution in [0.25, 0.3) is 0 Å². The number of anilines is 1. The Bertz CT molecular complexity index is 361. The van der Waals surface area contributed by atoms with E-state index in [4.69, 9.17) is 0 Å². The Hall–Kier alpha value is -1.16. The number of likely N-dealkylation sites (N-methyl/N-ethyl adjacent to an activating group) is 1. The van der Waals surface area contributed by atoms with E-state index in [1.54, 1.807) is 0 Å². The lowest BCUT2D eigenvalue weighted by Crippen LogP contribution is -2.50. The van der Waals surface area contributed by atoms with Gasteiger partial charge in [0.15, 0.2) is 0 Å². The third kappa shape index (κ3) is 2.32. The van der Waals surface area contributed by atoms with Crippen molar-refractivity contribution in [2.45, 2.75) is 13.0 Å². The summed E-state index contributed by atoms with van der Waals surface area (Å²) in [7, 11) is 2.06.